The molecule has 0 bridgehead atoms. The molecular formula is C8H4BrClF2N2. The SMILES string of the molecule is N#Cc1cc(Br)c(C(F)F)nc1CCl. The van der Waals surface area contributed by atoms with Crippen LogP contribution in [0.25, 0.3) is 0 Å². The Bertz CT molecular complexity index is 389. The van der Waals surface area contributed by atoms with Crippen molar-refractivity contribution in [2.45, 2.75) is 12.3 Å². The van der Waals surface area contributed by atoms with Gasteiger partial charge in [-0.3, -0.25) is 0 Å². The smallest absolute Gasteiger partial charge is 0.248 e. The molecule has 0 N–H and O–H groups in total. The average molecular weight is 281 g/mol. The van der Waals surface area contributed by atoms with E-state index in [2.05, 4.69) is 20.9 Å². The van der Waals surface area contributed by atoms with Gasteiger partial charge in [0.25, 0.3) is 6.43 Å². The third kappa shape index (κ3) is 2.20. The Kier molecular flexibility index (Phi) is 3.78. The summed E-state index contributed by atoms with van der Waals surface area (Å²) >= 11 is 8.38. The van der Waals surface area contributed by atoms with Gasteiger partial charge in [-0.05, 0) is 22.0 Å². The van der Waals surface area contributed by atoms with Gasteiger partial charge in [-0.1, -0.05) is 0 Å². The number of alkyl halides is 3. The van der Waals surface area contributed by atoms with Crippen molar-refractivity contribution in [3.63, 3.8) is 0 Å². The average Bonchev–Trinajstić information content (AvgIpc) is 2.16. The standard InChI is InChI=1S/C8H4BrClF2N2/c9-5-1-4(3-13)6(2-10)14-7(5)8(11)12/h1,8H,2H2. The highest BCUT2D eigenvalue weighted by molar-refractivity contribution is 9.10. The number of rotatable bonds is 2. The summed E-state index contributed by atoms with van der Waals surface area (Å²) in [6.07, 6.45) is -2.68. The zero-order chi connectivity index (χ0) is 10.7. The first-order valence-electron chi connectivity index (χ1n) is 3.53. The monoisotopic (exact) mass is 280 g/mol. The second-order valence-electron chi connectivity index (χ2n) is 2.40. The largest absolute Gasteiger partial charge is 0.281 e. The summed E-state index contributed by atoms with van der Waals surface area (Å²) < 4.78 is 24.8. The van der Waals surface area contributed by atoms with Crippen molar-refractivity contribution < 1.29 is 8.78 Å². The van der Waals surface area contributed by atoms with Crippen LogP contribution in [0.4, 0.5) is 8.78 Å². The number of hydrogen-bond donors (Lipinski definition) is 0. The Morgan fingerprint density at radius 2 is 2.29 bits per heavy atom. The summed E-state index contributed by atoms with van der Waals surface area (Å²) in [5.74, 6) is -0.0596. The van der Waals surface area contributed by atoms with Crippen LogP contribution in [0, 0.1) is 11.3 Å². The summed E-state index contributed by atoms with van der Waals surface area (Å²) in [5.41, 5.74) is -0.0106. The van der Waals surface area contributed by atoms with Crippen LogP contribution in [0.2, 0.25) is 0 Å². The molecule has 0 aliphatic heterocycles. The minimum absolute atomic E-state index is 0.0596. The van der Waals surface area contributed by atoms with Crippen molar-refractivity contribution in [1.82, 2.24) is 4.98 Å². The highest BCUT2D eigenvalue weighted by Crippen LogP contribution is 2.27. The maximum atomic E-state index is 12.4. The Balaban J connectivity index is 3.32. The van der Waals surface area contributed by atoms with Gasteiger partial charge in [0.15, 0.2) is 0 Å². The molecule has 1 aromatic rings. The fraction of sp³-hybridized carbons (Fsp3) is 0.250. The predicted molar refractivity (Wildman–Crippen MR) is 51.2 cm³/mol. The second-order valence-corrected chi connectivity index (χ2v) is 3.52. The molecule has 0 aromatic carbocycles. The van der Waals surface area contributed by atoms with E-state index < -0.39 is 6.43 Å². The highest BCUT2D eigenvalue weighted by atomic mass is 79.9. The zero-order valence-electron chi connectivity index (χ0n) is 6.77. The van der Waals surface area contributed by atoms with E-state index in [0.717, 1.165) is 0 Å². The Morgan fingerprint density at radius 1 is 1.64 bits per heavy atom. The van der Waals surface area contributed by atoms with Crippen molar-refractivity contribution in [2.75, 3.05) is 0 Å². The normalized spacial score (nSPS) is 10.3. The molecule has 0 spiro atoms. The van der Waals surface area contributed by atoms with Gasteiger partial charge in [-0.2, -0.15) is 5.26 Å². The van der Waals surface area contributed by atoms with Crippen LogP contribution in [0.15, 0.2) is 10.5 Å². The third-order valence-electron chi connectivity index (χ3n) is 1.54. The molecule has 6 heteroatoms. The van der Waals surface area contributed by atoms with Gasteiger partial charge in [0.1, 0.15) is 11.8 Å². The molecular weight excluding hydrogens is 277 g/mol. The van der Waals surface area contributed by atoms with Gasteiger partial charge in [-0.25, -0.2) is 13.8 Å². The van der Waals surface area contributed by atoms with Gasteiger partial charge in [0.05, 0.1) is 17.1 Å². The minimum atomic E-state index is -2.68. The molecule has 0 radical (unpaired) electrons. The molecule has 0 aliphatic rings. The number of aromatic nitrogens is 1. The maximum Gasteiger partial charge on any atom is 0.281 e. The Hall–Kier alpha value is -0.730. The lowest BCUT2D eigenvalue weighted by Crippen LogP contribution is -1.99. The number of nitrogens with zero attached hydrogens (tertiary/aromatic N) is 2. The molecule has 0 aliphatic carbocycles. The zero-order valence-corrected chi connectivity index (χ0v) is 9.11. The van der Waals surface area contributed by atoms with E-state index in [-0.39, 0.29) is 27.3 Å². The minimum Gasteiger partial charge on any atom is -0.248 e. The van der Waals surface area contributed by atoms with E-state index in [1.165, 1.54) is 6.07 Å². The van der Waals surface area contributed by atoms with E-state index in [9.17, 15) is 8.78 Å². The number of pyridine rings is 1. The first-order valence-corrected chi connectivity index (χ1v) is 4.86. The molecule has 1 rings (SSSR count). The number of hydrogen-bond acceptors (Lipinski definition) is 2. The Labute approximate surface area is 92.6 Å². The number of halogens is 4. The summed E-state index contributed by atoms with van der Waals surface area (Å²) in [6.45, 7) is 0. The lowest BCUT2D eigenvalue weighted by atomic mass is 10.2. The van der Waals surface area contributed by atoms with Gasteiger partial charge in [0, 0.05) is 4.47 Å². The van der Waals surface area contributed by atoms with Crippen LogP contribution in [0.3, 0.4) is 0 Å². The van der Waals surface area contributed by atoms with Crippen molar-refractivity contribution in [3.8, 4) is 6.07 Å². The molecule has 0 unspecified atom stereocenters. The predicted octanol–water partition coefficient (Wildman–Crippen LogP) is 3.39. The van der Waals surface area contributed by atoms with E-state index in [0.29, 0.717) is 0 Å². The van der Waals surface area contributed by atoms with Crippen LogP contribution in [-0.2, 0) is 5.88 Å². The fourth-order valence-electron chi connectivity index (χ4n) is 0.895. The van der Waals surface area contributed by atoms with Gasteiger partial charge >= 0.3 is 0 Å². The van der Waals surface area contributed by atoms with Crippen LogP contribution in [0.5, 0.6) is 0 Å². The molecule has 1 heterocycles. The first kappa shape index (κ1) is 11.3. The number of nitriles is 1. The first-order chi connectivity index (χ1) is 6.60. The van der Waals surface area contributed by atoms with E-state index in [1.54, 1.807) is 0 Å². The summed E-state index contributed by atoms with van der Waals surface area (Å²) in [4.78, 5) is 3.61. The molecule has 0 fully saturated rings. The lowest BCUT2D eigenvalue weighted by molar-refractivity contribution is 0.145. The highest BCUT2D eigenvalue weighted by Gasteiger charge is 2.16. The summed E-state index contributed by atoms with van der Waals surface area (Å²) in [6, 6.07) is 3.13. The van der Waals surface area contributed by atoms with Crippen LogP contribution in [-0.4, -0.2) is 4.98 Å². The van der Waals surface area contributed by atoms with Crippen LogP contribution in [0.1, 0.15) is 23.4 Å². The van der Waals surface area contributed by atoms with Crippen molar-refractivity contribution in [3.05, 3.63) is 27.5 Å². The molecule has 74 valence electrons. The van der Waals surface area contributed by atoms with Crippen molar-refractivity contribution in [1.29, 1.82) is 5.26 Å². The van der Waals surface area contributed by atoms with Gasteiger partial charge in [-0.15, -0.1) is 11.6 Å². The third-order valence-corrected chi connectivity index (χ3v) is 2.42. The van der Waals surface area contributed by atoms with E-state index in [4.69, 9.17) is 16.9 Å². The molecule has 14 heavy (non-hydrogen) atoms. The Morgan fingerprint density at radius 3 is 2.71 bits per heavy atom. The topological polar surface area (TPSA) is 36.7 Å². The van der Waals surface area contributed by atoms with Crippen molar-refractivity contribution in [2.24, 2.45) is 0 Å². The lowest BCUT2D eigenvalue weighted by Gasteiger charge is -2.05. The van der Waals surface area contributed by atoms with Gasteiger partial charge < -0.3 is 0 Å². The molecule has 1 aromatic heterocycles. The second kappa shape index (κ2) is 4.67. The summed E-state index contributed by atoms with van der Waals surface area (Å²) in [7, 11) is 0. The van der Waals surface area contributed by atoms with Crippen LogP contribution < -0.4 is 0 Å². The quantitative estimate of drug-likeness (QED) is 0.779. The molecule has 2 nitrogen and oxygen atoms in total. The molecule has 0 saturated heterocycles. The van der Waals surface area contributed by atoms with E-state index >= 15 is 0 Å². The van der Waals surface area contributed by atoms with E-state index in [1.807, 2.05) is 6.07 Å². The molecule has 0 amide bonds. The van der Waals surface area contributed by atoms with Gasteiger partial charge in [0.2, 0.25) is 0 Å². The van der Waals surface area contributed by atoms with Crippen molar-refractivity contribution >= 4 is 27.5 Å². The molecule has 0 saturated carbocycles. The fourth-order valence-corrected chi connectivity index (χ4v) is 1.59. The molecule has 0 atom stereocenters. The summed E-state index contributed by atoms with van der Waals surface area (Å²) in [5, 5.41) is 8.65. The maximum absolute atomic E-state index is 12.4. The van der Waals surface area contributed by atoms with Crippen LogP contribution >= 0.6 is 27.5 Å².